The third-order valence-corrected chi connectivity index (χ3v) is 6.47. The molecule has 0 unspecified atom stereocenters. The first kappa shape index (κ1) is 20.2. The summed E-state index contributed by atoms with van der Waals surface area (Å²) < 4.78 is 0. The van der Waals surface area contributed by atoms with E-state index in [9.17, 15) is 9.59 Å². The van der Waals surface area contributed by atoms with E-state index in [1.165, 1.54) is 0 Å². The first-order chi connectivity index (χ1) is 14.6. The minimum atomic E-state index is -0.0242. The standard InChI is InChI=1S/C25H24N2O2S/c1-26(16-19-8-4-2-5-9-19)24(29)21-12-14-22(15-13-21)25-27(23(28)18-30-25)17-20-10-6-3-7-11-20/h2-15,25H,16-18H2,1H3/t25-/m0/s1. The second-order valence-electron chi connectivity index (χ2n) is 7.44. The maximum atomic E-state index is 12.8. The van der Waals surface area contributed by atoms with E-state index in [0.29, 0.717) is 24.4 Å². The maximum Gasteiger partial charge on any atom is 0.253 e. The van der Waals surface area contributed by atoms with Gasteiger partial charge in [0.25, 0.3) is 5.91 Å². The van der Waals surface area contributed by atoms with E-state index >= 15 is 0 Å². The number of hydrogen-bond acceptors (Lipinski definition) is 3. The van der Waals surface area contributed by atoms with Gasteiger partial charge in [-0.2, -0.15) is 0 Å². The van der Waals surface area contributed by atoms with Crippen LogP contribution in [0, 0.1) is 0 Å². The SMILES string of the molecule is CN(Cc1ccccc1)C(=O)c1ccc([C@@H]2SCC(=O)N2Cc2ccccc2)cc1. The van der Waals surface area contributed by atoms with Gasteiger partial charge in [0.15, 0.2) is 0 Å². The van der Waals surface area contributed by atoms with Crippen molar-refractivity contribution in [3.8, 4) is 0 Å². The van der Waals surface area contributed by atoms with E-state index in [1.54, 1.807) is 16.7 Å². The van der Waals surface area contributed by atoms with Crippen LogP contribution in [-0.2, 0) is 17.9 Å². The fourth-order valence-electron chi connectivity index (χ4n) is 3.62. The predicted octanol–water partition coefficient (Wildman–Crippen LogP) is 4.73. The Morgan fingerprint density at radius 2 is 1.53 bits per heavy atom. The van der Waals surface area contributed by atoms with Gasteiger partial charge in [0.1, 0.15) is 5.37 Å². The van der Waals surface area contributed by atoms with Gasteiger partial charge < -0.3 is 9.80 Å². The second-order valence-corrected chi connectivity index (χ2v) is 8.51. The summed E-state index contributed by atoms with van der Waals surface area (Å²) in [6.07, 6.45) is 0. The number of hydrogen-bond donors (Lipinski definition) is 0. The molecular weight excluding hydrogens is 392 g/mol. The highest BCUT2D eigenvalue weighted by Crippen LogP contribution is 2.39. The lowest BCUT2D eigenvalue weighted by Crippen LogP contribution is -2.28. The zero-order chi connectivity index (χ0) is 20.9. The summed E-state index contributed by atoms with van der Waals surface area (Å²) in [5, 5.41) is -0.0242. The molecule has 0 bridgehead atoms. The van der Waals surface area contributed by atoms with Gasteiger partial charge in [0, 0.05) is 25.7 Å². The van der Waals surface area contributed by atoms with Crippen molar-refractivity contribution in [2.75, 3.05) is 12.8 Å². The molecule has 152 valence electrons. The summed E-state index contributed by atoms with van der Waals surface area (Å²) in [5.41, 5.74) is 3.92. The topological polar surface area (TPSA) is 40.6 Å². The van der Waals surface area contributed by atoms with Crippen LogP contribution in [0.5, 0.6) is 0 Å². The lowest BCUT2D eigenvalue weighted by molar-refractivity contribution is -0.128. The number of carbonyl (C=O) groups is 2. The Bertz CT molecular complexity index is 1010. The molecule has 1 aliphatic rings. The molecule has 1 saturated heterocycles. The van der Waals surface area contributed by atoms with Crippen molar-refractivity contribution in [3.63, 3.8) is 0 Å². The van der Waals surface area contributed by atoms with Gasteiger partial charge in [-0.3, -0.25) is 9.59 Å². The Kier molecular flexibility index (Phi) is 6.19. The average molecular weight is 417 g/mol. The molecule has 0 spiro atoms. The Labute approximate surface area is 181 Å². The summed E-state index contributed by atoms with van der Waals surface area (Å²) in [5.74, 6) is 0.621. The molecular formula is C25H24N2O2S. The third-order valence-electron chi connectivity index (χ3n) is 5.22. The number of carbonyl (C=O) groups excluding carboxylic acids is 2. The molecule has 1 aliphatic heterocycles. The Morgan fingerprint density at radius 1 is 0.933 bits per heavy atom. The summed E-state index contributed by atoms with van der Waals surface area (Å²) in [6, 6.07) is 27.7. The van der Waals surface area contributed by atoms with Gasteiger partial charge in [0.2, 0.25) is 5.91 Å². The monoisotopic (exact) mass is 416 g/mol. The first-order valence-corrected chi connectivity index (χ1v) is 11.0. The summed E-state index contributed by atoms with van der Waals surface area (Å²) in [6.45, 7) is 1.16. The Balaban J connectivity index is 1.45. The molecule has 0 aliphatic carbocycles. The lowest BCUT2D eigenvalue weighted by Gasteiger charge is -2.24. The van der Waals surface area contributed by atoms with Gasteiger partial charge in [-0.25, -0.2) is 0 Å². The number of nitrogens with zero attached hydrogens (tertiary/aromatic N) is 2. The van der Waals surface area contributed by atoms with Gasteiger partial charge in [0.05, 0.1) is 5.75 Å². The third kappa shape index (κ3) is 4.57. The minimum Gasteiger partial charge on any atom is -0.337 e. The van der Waals surface area contributed by atoms with Gasteiger partial charge in [-0.15, -0.1) is 11.8 Å². The highest BCUT2D eigenvalue weighted by Gasteiger charge is 2.32. The minimum absolute atomic E-state index is 0.0123. The van der Waals surface area contributed by atoms with Crippen molar-refractivity contribution < 1.29 is 9.59 Å². The van der Waals surface area contributed by atoms with E-state index in [2.05, 4.69) is 0 Å². The van der Waals surface area contributed by atoms with Crippen LogP contribution in [0.25, 0.3) is 0 Å². The van der Waals surface area contributed by atoms with Crippen molar-refractivity contribution in [1.82, 2.24) is 9.80 Å². The zero-order valence-electron chi connectivity index (χ0n) is 16.9. The molecule has 3 aromatic rings. The van der Waals surface area contributed by atoms with E-state index in [-0.39, 0.29) is 17.2 Å². The zero-order valence-corrected chi connectivity index (χ0v) is 17.7. The molecule has 5 heteroatoms. The molecule has 0 N–H and O–H groups in total. The smallest absolute Gasteiger partial charge is 0.253 e. The average Bonchev–Trinajstić information content (AvgIpc) is 3.15. The number of rotatable bonds is 6. The van der Waals surface area contributed by atoms with Crippen molar-refractivity contribution in [3.05, 3.63) is 107 Å². The molecule has 1 heterocycles. The quantitative estimate of drug-likeness (QED) is 0.583. The van der Waals surface area contributed by atoms with Crippen LogP contribution in [0.1, 0.15) is 32.4 Å². The molecule has 1 atom stereocenters. The van der Waals surface area contributed by atoms with E-state index in [4.69, 9.17) is 0 Å². The van der Waals surface area contributed by atoms with Crippen molar-refractivity contribution in [1.29, 1.82) is 0 Å². The molecule has 4 nitrogen and oxygen atoms in total. The van der Waals surface area contributed by atoms with E-state index < -0.39 is 0 Å². The summed E-state index contributed by atoms with van der Waals surface area (Å²) in [4.78, 5) is 28.9. The predicted molar refractivity (Wildman–Crippen MR) is 121 cm³/mol. The lowest BCUT2D eigenvalue weighted by atomic mass is 10.1. The fourth-order valence-corrected chi connectivity index (χ4v) is 4.81. The molecule has 1 fully saturated rings. The second kappa shape index (κ2) is 9.18. The Morgan fingerprint density at radius 3 is 2.17 bits per heavy atom. The van der Waals surface area contributed by atoms with Crippen LogP contribution >= 0.6 is 11.8 Å². The fraction of sp³-hybridized carbons (Fsp3) is 0.200. The normalized spacial score (nSPS) is 16.0. The van der Waals surface area contributed by atoms with Gasteiger partial charge in [-0.05, 0) is 28.8 Å². The highest BCUT2D eigenvalue weighted by molar-refractivity contribution is 8.00. The van der Waals surface area contributed by atoms with Crippen molar-refractivity contribution in [2.45, 2.75) is 18.5 Å². The Hall–Kier alpha value is -3.05. The number of benzene rings is 3. The van der Waals surface area contributed by atoms with Crippen LogP contribution in [0.2, 0.25) is 0 Å². The highest BCUT2D eigenvalue weighted by atomic mass is 32.2. The van der Waals surface area contributed by atoms with E-state index in [1.807, 2.05) is 96.9 Å². The van der Waals surface area contributed by atoms with Crippen LogP contribution < -0.4 is 0 Å². The van der Waals surface area contributed by atoms with Crippen molar-refractivity contribution in [2.24, 2.45) is 0 Å². The molecule has 0 radical (unpaired) electrons. The van der Waals surface area contributed by atoms with E-state index in [0.717, 1.165) is 16.7 Å². The van der Waals surface area contributed by atoms with Crippen molar-refractivity contribution >= 4 is 23.6 Å². The van der Waals surface area contributed by atoms with Crippen LogP contribution in [0.3, 0.4) is 0 Å². The van der Waals surface area contributed by atoms with Gasteiger partial charge in [-0.1, -0.05) is 72.8 Å². The summed E-state index contributed by atoms with van der Waals surface area (Å²) in [7, 11) is 1.82. The molecule has 3 aromatic carbocycles. The molecule has 30 heavy (non-hydrogen) atoms. The maximum absolute atomic E-state index is 12.8. The number of amides is 2. The largest absolute Gasteiger partial charge is 0.337 e. The molecule has 0 saturated carbocycles. The molecule has 4 rings (SSSR count). The van der Waals surface area contributed by atoms with Crippen LogP contribution in [-0.4, -0.2) is 34.4 Å². The molecule has 0 aromatic heterocycles. The van der Waals surface area contributed by atoms with Crippen LogP contribution in [0.4, 0.5) is 0 Å². The first-order valence-electron chi connectivity index (χ1n) is 9.96. The molecule has 2 amide bonds. The van der Waals surface area contributed by atoms with Gasteiger partial charge >= 0.3 is 0 Å². The van der Waals surface area contributed by atoms with Crippen LogP contribution in [0.15, 0.2) is 84.9 Å². The summed E-state index contributed by atoms with van der Waals surface area (Å²) >= 11 is 1.63. The number of thioether (sulfide) groups is 1.